The van der Waals surface area contributed by atoms with Crippen molar-refractivity contribution in [3.05, 3.63) is 64.2 Å². The van der Waals surface area contributed by atoms with Crippen LogP contribution in [-0.4, -0.2) is 48.0 Å². The molecule has 1 aliphatic carbocycles. The molecule has 2 aromatic carbocycles. The molecule has 1 saturated heterocycles. The zero-order valence-electron chi connectivity index (χ0n) is 23.4. The number of alkyl halides is 3. The summed E-state index contributed by atoms with van der Waals surface area (Å²) in [5, 5.41) is 25.6. The first-order valence-electron chi connectivity index (χ1n) is 14.0. The Morgan fingerprint density at radius 2 is 2.02 bits per heavy atom. The average Bonchev–Trinajstić information content (AvgIpc) is 3.25. The van der Waals surface area contributed by atoms with E-state index < -0.39 is 23.1 Å². The molecule has 2 heterocycles. The van der Waals surface area contributed by atoms with E-state index in [1.165, 1.54) is 15.9 Å². The van der Waals surface area contributed by atoms with Crippen LogP contribution in [0.1, 0.15) is 71.6 Å². The molecule has 41 heavy (non-hydrogen) atoms. The van der Waals surface area contributed by atoms with Crippen LogP contribution in [0, 0.1) is 34.0 Å². The number of nitrogens with one attached hydrogen (secondary N) is 2. The maximum atomic E-state index is 14.3. The second kappa shape index (κ2) is 10.9. The van der Waals surface area contributed by atoms with E-state index >= 15 is 0 Å². The summed E-state index contributed by atoms with van der Waals surface area (Å²) in [5.41, 5.74) is 0.302. The molecule has 7 nitrogen and oxygen atoms in total. The van der Waals surface area contributed by atoms with Crippen LogP contribution in [0.2, 0.25) is 0 Å². The number of amidine groups is 1. The van der Waals surface area contributed by atoms with Gasteiger partial charge in [-0.2, -0.15) is 18.4 Å². The number of fused-ring (bicyclic) bond motifs is 1. The molecule has 1 amide bonds. The van der Waals surface area contributed by atoms with Gasteiger partial charge < -0.3 is 9.80 Å². The van der Waals surface area contributed by atoms with Crippen molar-refractivity contribution in [3.63, 3.8) is 0 Å². The SMILES string of the molecule is C[C@H]1CCCN(Cc2cc3c(c(C(F)(F)F)c2)CN(c2cccc(C4(C(=N)N(C)C=N)CC(CC#N)C4)c2)C3=O)C1. The highest BCUT2D eigenvalue weighted by Crippen LogP contribution is 2.51. The lowest BCUT2D eigenvalue weighted by atomic mass is 9.57. The molecule has 0 spiro atoms. The number of piperidine rings is 1. The van der Waals surface area contributed by atoms with Crippen LogP contribution in [0.25, 0.3) is 0 Å². The second-order valence-corrected chi connectivity index (χ2v) is 11.9. The lowest BCUT2D eigenvalue weighted by molar-refractivity contribution is -0.138. The minimum Gasteiger partial charge on any atom is -0.324 e. The van der Waals surface area contributed by atoms with Crippen molar-refractivity contribution in [1.29, 1.82) is 16.1 Å². The van der Waals surface area contributed by atoms with Crippen molar-refractivity contribution in [1.82, 2.24) is 9.80 Å². The molecule has 5 rings (SSSR count). The monoisotopic (exact) mass is 564 g/mol. The van der Waals surface area contributed by atoms with Gasteiger partial charge in [-0.1, -0.05) is 19.1 Å². The molecule has 216 valence electrons. The van der Waals surface area contributed by atoms with Gasteiger partial charge in [-0.3, -0.25) is 20.5 Å². The Labute approximate surface area is 238 Å². The number of carbonyl (C=O) groups is 1. The van der Waals surface area contributed by atoms with Gasteiger partial charge in [-0.05, 0) is 85.0 Å². The Balaban J connectivity index is 1.48. The molecule has 1 saturated carbocycles. The van der Waals surface area contributed by atoms with Crippen LogP contribution >= 0.6 is 0 Å². The number of anilines is 1. The molecule has 2 N–H and O–H groups in total. The van der Waals surface area contributed by atoms with Crippen LogP contribution in [-0.2, 0) is 24.7 Å². The van der Waals surface area contributed by atoms with Crippen molar-refractivity contribution in [3.8, 4) is 6.07 Å². The molecular weight excluding hydrogens is 529 g/mol. The summed E-state index contributed by atoms with van der Waals surface area (Å²) < 4.78 is 42.8. The van der Waals surface area contributed by atoms with Gasteiger partial charge in [0.15, 0.2) is 0 Å². The highest BCUT2D eigenvalue weighted by Gasteiger charge is 2.50. The summed E-state index contributed by atoms with van der Waals surface area (Å²) in [7, 11) is 1.62. The van der Waals surface area contributed by atoms with Gasteiger partial charge in [-0.25, -0.2) is 0 Å². The second-order valence-electron chi connectivity index (χ2n) is 11.9. The molecule has 0 bridgehead atoms. The fraction of sp³-hybridized carbons (Fsp3) is 0.484. The van der Waals surface area contributed by atoms with Gasteiger partial charge >= 0.3 is 6.18 Å². The van der Waals surface area contributed by atoms with Crippen molar-refractivity contribution < 1.29 is 18.0 Å². The van der Waals surface area contributed by atoms with Crippen molar-refractivity contribution in [2.45, 2.75) is 63.7 Å². The number of hydrogen-bond acceptors (Lipinski definition) is 5. The first-order chi connectivity index (χ1) is 19.5. The number of halogens is 3. The highest BCUT2D eigenvalue weighted by atomic mass is 19.4. The Hall–Kier alpha value is -3.71. The summed E-state index contributed by atoms with van der Waals surface area (Å²) in [6, 6.07) is 12.1. The highest BCUT2D eigenvalue weighted by molar-refractivity contribution is 6.10. The van der Waals surface area contributed by atoms with E-state index in [1.807, 2.05) is 6.07 Å². The van der Waals surface area contributed by atoms with Crippen molar-refractivity contribution in [2.75, 3.05) is 25.0 Å². The predicted molar refractivity (Wildman–Crippen MR) is 151 cm³/mol. The summed E-state index contributed by atoms with van der Waals surface area (Å²) >= 11 is 0. The topological polar surface area (TPSA) is 98.3 Å². The maximum Gasteiger partial charge on any atom is 0.416 e. The normalized spacial score (nSPS) is 24.4. The van der Waals surface area contributed by atoms with Gasteiger partial charge in [0.05, 0.1) is 29.9 Å². The summed E-state index contributed by atoms with van der Waals surface area (Å²) in [6.07, 6.45) is 0.0454. The number of carbonyl (C=O) groups excluding carboxylic acids is 1. The number of amides is 1. The van der Waals surface area contributed by atoms with Gasteiger partial charge in [0.25, 0.3) is 5.91 Å². The van der Waals surface area contributed by atoms with Crippen LogP contribution < -0.4 is 4.90 Å². The molecule has 0 unspecified atom stereocenters. The van der Waals surface area contributed by atoms with Gasteiger partial charge in [-0.15, -0.1) is 0 Å². The quantitative estimate of drug-likeness (QED) is 0.310. The van der Waals surface area contributed by atoms with Crippen molar-refractivity contribution in [2.24, 2.45) is 11.8 Å². The third kappa shape index (κ3) is 5.35. The lowest BCUT2D eigenvalue weighted by Crippen LogP contribution is -2.52. The summed E-state index contributed by atoms with van der Waals surface area (Å²) in [4.78, 5) is 18.6. The smallest absolute Gasteiger partial charge is 0.324 e. The van der Waals surface area contributed by atoms with E-state index in [1.54, 1.807) is 31.3 Å². The number of likely N-dealkylation sites (N-methyl/N-ethyl adjacent to an activating group) is 1. The fourth-order valence-corrected chi connectivity index (χ4v) is 6.85. The average molecular weight is 565 g/mol. The molecule has 3 aliphatic rings. The first-order valence-corrected chi connectivity index (χ1v) is 14.0. The Morgan fingerprint density at radius 3 is 2.68 bits per heavy atom. The van der Waals surface area contributed by atoms with E-state index in [2.05, 4.69) is 17.9 Å². The number of benzene rings is 2. The molecule has 2 aliphatic heterocycles. The van der Waals surface area contributed by atoms with E-state index in [4.69, 9.17) is 16.1 Å². The zero-order chi connectivity index (χ0) is 29.5. The van der Waals surface area contributed by atoms with Gasteiger partial charge in [0.2, 0.25) is 0 Å². The molecule has 1 atom stereocenters. The van der Waals surface area contributed by atoms with Crippen LogP contribution in [0.5, 0.6) is 0 Å². The van der Waals surface area contributed by atoms with E-state index in [0.717, 1.165) is 37.8 Å². The Morgan fingerprint density at radius 1 is 1.27 bits per heavy atom. The van der Waals surface area contributed by atoms with Crippen LogP contribution in [0.4, 0.5) is 18.9 Å². The molecule has 0 radical (unpaired) electrons. The molecule has 0 aromatic heterocycles. The van der Waals surface area contributed by atoms with Gasteiger partial charge in [0, 0.05) is 37.8 Å². The first kappa shape index (κ1) is 28.8. The Bertz CT molecular complexity index is 1410. The van der Waals surface area contributed by atoms with Gasteiger partial charge in [0.1, 0.15) is 5.84 Å². The maximum absolute atomic E-state index is 14.3. The van der Waals surface area contributed by atoms with E-state index in [9.17, 15) is 18.0 Å². The summed E-state index contributed by atoms with van der Waals surface area (Å²) in [6.45, 7) is 3.99. The lowest BCUT2D eigenvalue weighted by Gasteiger charge is -2.49. The van der Waals surface area contributed by atoms with E-state index in [0.29, 0.717) is 43.0 Å². The molecular formula is C31H35F3N6O. The van der Waals surface area contributed by atoms with Crippen LogP contribution in [0.15, 0.2) is 36.4 Å². The molecule has 2 aromatic rings. The number of hydrogen-bond donors (Lipinski definition) is 2. The third-order valence-electron chi connectivity index (χ3n) is 8.92. The standard InChI is InChI=1S/C31H35F3N6O/c1-20-5-4-10-39(16-20)17-22-11-25-26(27(12-22)31(32,33)34)18-40(28(25)41)24-7-3-6-23(13-24)30(29(37)38(2)19-36)14-21(15-30)8-9-35/h3,6-7,11-13,19-21,36-37H,4-5,8,10,14-18H2,1-2H3/t20-,21?,30?/m0/s1. The largest absolute Gasteiger partial charge is 0.416 e. The predicted octanol–water partition coefficient (Wildman–Crippen LogP) is 6.18. The number of nitriles is 1. The number of nitrogens with zero attached hydrogens (tertiary/aromatic N) is 4. The molecule has 2 fully saturated rings. The molecule has 10 heteroatoms. The third-order valence-corrected chi connectivity index (χ3v) is 8.92. The zero-order valence-corrected chi connectivity index (χ0v) is 23.4. The van der Waals surface area contributed by atoms with Crippen LogP contribution in [0.3, 0.4) is 0 Å². The minimum absolute atomic E-state index is 0.00705. The summed E-state index contributed by atoms with van der Waals surface area (Å²) in [5.74, 6) is 0.342. The minimum atomic E-state index is -4.59. The van der Waals surface area contributed by atoms with Crippen molar-refractivity contribution >= 4 is 23.8 Å². The Kier molecular flexibility index (Phi) is 7.68. The van der Waals surface area contributed by atoms with E-state index in [-0.39, 0.29) is 29.4 Å². The number of rotatable bonds is 7. The fourth-order valence-electron chi connectivity index (χ4n) is 6.85. The number of likely N-dealkylation sites (tertiary alicyclic amines) is 1.